The number of nitrogens with one attached hydrogen (secondary N) is 2. The van der Waals surface area contributed by atoms with Crippen molar-refractivity contribution in [3.8, 4) is 0 Å². The summed E-state index contributed by atoms with van der Waals surface area (Å²) in [6.45, 7) is 12.8. The Kier molecular flexibility index (Phi) is 9.86. The lowest BCUT2D eigenvalue weighted by Gasteiger charge is -2.29. The zero-order valence-corrected chi connectivity index (χ0v) is 19.2. The van der Waals surface area contributed by atoms with Crippen LogP contribution in [0.4, 0.5) is 0 Å². The van der Waals surface area contributed by atoms with Crippen LogP contribution >= 0.6 is 24.0 Å². The predicted molar refractivity (Wildman–Crippen MR) is 125 cm³/mol. The fourth-order valence-corrected chi connectivity index (χ4v) is 4.13. The van der Waals surface area contributed by atoms with Crippen LogP contribution in [0.25, 0.3) is 0 Å². The van der Waals surface area contributed by atoms with E-state index in [0.717, 1.165) is 51.8 Å². The van der Waals surface area contributed by atoms with Crippen LogP contribution in [0.1, 0.15) is 37.8 Å². The third-order valence-corrected chi connectivity index (χ3v) is 5.64. The van der Waals surface area contributed by atoms with Crippen molar-refractivity contribution in [2.45, 2.75) is 45.7 Å². The Bertz CT molecular complexity index is 592. The molecule has 3 rings (SSSR count). The lowest BCUT2D eigenvalue weighted by atomic mass is 10.00. The topological polar surface area (TPSA) is 42.9 Å². The molecule has 0 aromatic heterocycles. The van der Waals surface area contributed by atoms with Gasteiger partial charge in [0.2, 0.25) is 0 Å². The van der Waals surface area contributed by atoms with Crippen molar-refractivity contribution >= 4 is 29.9 Å². The van der Waals surface area contributed by atoms with E-state index in [9.17, 15) is 0 Å². The van der Waals surface area contributed by atoms with Gasteiger partial charge in [0.05, 0.1) is 6.54 Å². The normalized spacial score (nSPS) is 20.8. The van der Waals surface area contributed by atoms with Crippen molar-refractivity contribution in [1.29, 1.82) is 0 Å². The van der Waals surface area contributed by atoms with Crippen LogP contribution in [0.2, 0.25) is 0 Å². The van der Waals surface area contributed by atoms with Crippen molar-refractivity contribution < 1.29 is 0 Å². The summed E-state index contributed by atoms with van der Waals surface area (Å²) in [5.41, 5.74) is 3.00. The molecular formula is C21H36IN5. The van der Waals surface area contributed by atoms with Crippen LogP contribution in [0.15, 0.2) is 29.3 Å². The first-order chi connectivity index (χ1) is 12.8. The second-order valence-corrected chi connectivity index (χ2v) is 7.37. The number of rotatable bonds is 7. The van der Waals surface area contributed by atoms with Gasteiger partial charge < -0.3 is 10.6 Å². The average molecular weight is 485 g/mol. The number of fused-ring (bicyclic) bond motifs is 1. The maximum absolute atomic E-state index is 4.85. The molecule has 1 fully saturated rings. The number of hydrogen-bond acceptors (Lipinski definition) is 3. The van der Waals surface area contributed by atoms with E-state index in [2.05, 4.69) is 58.5 Å². The summed E-state index contributed by atoms with van der Waals surface area (Å²) in [6, 6.07) is 9.46. The summed E-state index contributed by atoms with van der Waals surface area (Å²) >= 11 is 0. The van der Waals surface area contributed by atoms with Gasteiger partial charge in [-0.25, -0.2) is 0 Å². The van der Waals surface area contributed by atoms with E-state index in [4.69, 9.17) is 4.99 Å². The highest BCUT2D eigenvalue weighted by Gasteiger charge is 2.22. The molecule has 2 heterocycles. The highest BCUT2D eigenvalue weighted by Crippen LogP contribution is 2.18. The first kappa shape index (κ1) is 22.4. The maximum Gasteiger partial charge on any atom is 0.191 e. The van der Waals surface area contributed by atoms with Gasteiger partial charge >= 0.3 is 0 Å². The number of halogens is 1. The first-order valence-electron chi connectivity index (χ1n) is 10.4. The van der Waals surface area contributed by atoms with Gasteiger partial charge in [-0.05, 0) is 50.4 Å². The first-order valence-corrected chi connectivity index (χ1v) is 10.4. The van der Waals surface area contributed by atoms with E-state index in [1.165, 1.54) is 36.9 Å². The molecule has 2 aliphatic heterocycles. The van der Waals surface area contributed by atoms with E-state index in [0.29, 0.717) is 6.04 Å². The number of benzene rings is 1. The van der Waals surface area contributed by atoms with Crippen LogP contribution in [-0.2, 0) is 13.0 Å². The molecule has 1 atom stereocenters. The molecule has 0 spiro atoms. The summed E-state index contributed by atoms with van der Waals surface area (Å²) < 4.78 is 0. The quantitative estimate of drug-likeness (QED) is 0.354. The Morgan fingerprint density at radius 3 is 2.74 bits per heavy atom. The Hall–Kier alpha value is -0.860. The molecule has 27 heavy (non-hydrogen) atoms. The SMILES string of the molecule is CCNC(=NCC1CCCN1CC)NCCN1CCc2ccccc2C1.I. The molecule has 2 aliphatic rings. The lowest BCUT2D eigenvalue weighted by Crippen LogP contribution is -2.43. The fourth-order valence-electron chi connectivity index (χ4n) is 4.13. The number of hydrogen-bond donors (Lipinski definition) is 2. The Morgan fingerprint density at radius 2 is 1.96 bits per heavy atom. The van der Waals surface area contributed by atoms with E-state index in [1.54, 1.807) is 0 Å². The van der Waals surface area contributed by atoms with Crippen molar-refractivity contribution in [2.75, 3.05) is 45.8 Å². The van der Waals surface area contributed by atoms with Crippen LogP contribution < -0.4 is 10.6 Å². The van der Waals surface area contributed by atoms with Crippen molar-refractivity contribution in [2.24, 2.45) is 4.99 Å². The molecule has 0 bridgehead atoms. The lowest BCUT2D eigenvalue weighted by molar-refractivity contribution is 0.258. The number of likely N-dealkylation sites (tertiary alicyclic amines) is 1. The van der Waals surface area contributed by atoms with Crippen LogP contribution in [0.3, 0.4) is 0 Å². The summed E-state index contributed by atoms with van der Waals surface area (Å²) in [5.74, 6) is 0.966. The molecule has 1 saturated heterocycles. The largest absolute Gasteiger partial charge is 0.357 e. The smallest absolute Gasteiger partial charge is 0.191 e. The summed E-state index contributed by atoms with van der Waals surface area (Å²) in [4.78, 5) is 9.94. The molecule has 0 radical (unpaired) electrons. The van der Waals surface area contributed by atoms with Crippen LogP contribution in [-0.4, -0.2) is 67.6 Å². The van der Waals surface area contributed by atoms with Gasteiger partial charge in [-0.1, -0.05) is 31.2 Å². The van der Waals surface area contributed by atoms with Crippen molar-refractivity contribution in [1.82, 2.24) is 20.4 Å². The average Bonchev–Trinajstić information content (AvgIpc) is 3.13. The van der Waals surface area contributed by atoms with Gasteiger partial charge in [0.15, 0.2) is 5.96 Å². The second kappa shape index (κ2) is 11.9. The van der Waals surface area contributed by atoms with Gasteiger partial charge in [-0.3, -0.25) is 14.8 Å². The third-order valence-electron chi connectivity index (χ3n) is 5.64. The minimum atomic E-state index is 0. The standard InChI is InChI=1S/C21H35N5.HI/c1-3-22-21(24-16-20-10-7-13-26(20)4-2)23-12-15-25-14-11-18-8-5-6-9-19(18)17-25;/h5-6,8-9,20H,3-4,7,10-17H2,1-2H3,(H2,22,23,24);1H. The molecule has 1 aromatic rings. The Morgan fingerprint density at radius 1 is 1.15 bits per heavy atom. The van der Waals surface area contributed by atoms with E-state index in [-0.39, 0.29) is 24.0 Å². The minimum Gasteiger partial charge on any atom is -0.357 e. The molecular weight excluding hydrogens is 449 g/mol. The highest BCUT2D eigenvalue weighted by atomic mass is 127. The van der Waals surface area contributed by atoms with E-state index < -0.39 is 0 Å². The molecule has 0 aliphatic carbocycles. The van der Waals surface area contributed by atoms with Gasteiger partial charge in [0, 0.05) is 38.8 Å². The van der Waals surface area contributed by atoms with Crippen LogP contribution in [0.5, 0.6) is 0 Å². The fraction of sp³-hybridized carbons (Fsp3) is 0.667. The molecule has 152 valence electrons. The Labute approximate surface area is 182 Å². The number of aliphatic imine (C=N–C) groups is 1. The molecule has 5 nitrogen and oxygen atoms in total. The van der Waals surface area contributed by atoms with Crippen LogP contribution in [0, 0.1) is 0 Å². The zero-order valence-electron chi connectivity index (χ0n) is 16.9. The summed E-state index contributed by atoms with van der Waals surface area (Å²) in [6.07, 6.45) is 3.76. The molecule has 0 saturated carbocycles. The van der Waals surface area contributed by atoms with Gasteiger partial charge in [0.1, 0.15) is 0 Å². The zero-order chi connectivity index (χ0) is 18.2. The highest BCUT2D eigenvalue weighted by molar-refractivity contribution is 14.0. The number of likely N-dealkylation sites (N-methyl/N-ethyl adjacent to an activating group) is 1. The Balaban J connectivity index is 0.00000261. The molecule has 6 heteroatoms. The monoisotopic (exact) mass is 485 g/mol. The summed E-state index contributed by atoms with van der Waals surface area (Å²) in [5, 5.41) is 6.92. The maximum atomic E-state index is 4.85. The number of guanidine groups is 1. The molecule has 1 unspecified atom stereocenters. The molecule has 2 N–H and O–H groups in total. The minimum absolute atomic E-state index is 0. The van der Waals surface area contributed by atoms with Gasteiger partial charge in [-0.2, -0.15) is 0 Å². The van der Waals surface area contributed by atoms with E-state index >= 15 is 0 Å². The number of nitrogens with zero attached hydrogens (tertiary/aromatic N) is 3. The molecule has 1 aromatic carbocycles. The molecule has 0 amide bonds. The van der Waals surface area contributed by atoms with Crippen molar-refractivity contribution in [3.05, 3.63) is 35.4 Å². The summed E-state index contributed by atoms with van der Waals surface area (Å²) in [7, 11) is 0. The van der Waals surface area contributed by atoms with E-state index in [1.807, 2.05) is 0 Å². The third kappa shape index (κ3) is 6.61. The van der Waals surface area contributed by atoms with Crippen molar-refractivity contribution in [3.63, 3.8) is 0 Å². The second-order valence-electron chi connectivity index (χ2n) is 7.37. The predicted octanol–water partition coefficient (Wildman–Crippen LogP) is 2.70. The van der Waals surface area contributed by atoms with Gasteiger partial charge in [0.25, 0.3) is 0 Å². The van der Waals surface area contributed by atoms with Gasteiger partial charge in [-0.15, -0.1) is 24.0 Å².